The molecule has 2 rings (SSSR count). The van der Waals surface area contributed by atoms with Crippen molar-refractivity contribution in [1.82, 2.24) is 0 Å². The number of nitrogens with zero attached hydrogens (tertiary/aromatic N) is 1. The van der Waals surface area contributed by atoms with Crippen LogP contribution in [0.15, 0.2) is 24.3 Å². The number of ketones is 1. The van der Waals surface area contributed by atoms with E-state index < -0.39 is 0 Å². The molecule has 0 fully saturated rings. The molecule has 4 heteroatoms. The van der Waals surface area contributed by atoms with Gasteiger partial charge in [0.05, 0.1) is 10.5 Å². The molecule has 0 amide bonds. The van der Waals surface area contributed by atoms with E-state index in [1.807, 2.05) is 0 Å². The van der Waals surface area contributed by atoms with Crippen LogP contribution in [0.5, 0.6) is 5.75 Å². The molecular formula is C8H6NO3+. The van der Waals surface area contributed by atoms with Gasteiger partial charge >= 0.3 is 6.54 Å². The average molecular weight is 164 g/mol. The zero-order chi connectivity index (χ0) is 8.55. The third-order valence-corrected chi connectivity index (χ3v) is 1.66. The summed E-state index contributed by atoms with van der Waals surface area (Å²) < 4.78 is 0. The van der Waals surface area contributed by atoms with Crippen LogP contribution in [0.1, 0.15) is 10.4 Å². The molecule has 0 spiro atoms. The number of para-hydroxylation sites is 1. The maximum absolute atomic E-state index is 11.2. The Hall–Kier alpha value is -1.71. The smallest absolute Gasteiger partial charge is 0.286 e. The molecule has 1 heterocycles. The van der Waals surface area contributed by atoms with Crippen LogP contribution in [0.4, 0.5) is 0 Å². The van der Waals surface area contributed by atoms with Crippen molar-refractivity contribution in [3.05, 3.63) is 34.7 Å². The Morgan fingerprint density at radius 2 is 2.08 bits per heavy atom. The number of carbonyl (C=O) groups excluding carboxylic acids is 1. The number of Topliss-reactive ketones (excluding diaryl/α,β-unsaturated/α-hetero) is 1. The number of benzene rings is 1. The fourth-order valence-electron chi connectivity index (χ4n) is 1.12. The van der Waals surface area contributed by atoms with Crippen molar-refractivity contribution in [2.24, 2.45) is 0 Å². The van der Waals surface area contributed by atoms with Gasteiger partial charge in [0.25, 0.3) is 0 Å². The Kier molecular flexibility index (Phi) is 1.40. The van der Waals surface area contributed by atoms with Crippen molar-refractivity contribution in [3.8, 4) is 5.75 Å². The molecule has 1 aromatic carbocycles. The Morgan fingerprint density at radius 3 is 2.92 bits per heavy atom. The molecule has 0 atom stereocenters. The third-order valence-electron chi connectivity index (χ3n) is 1.66. The highest BCUT2D eigenvalue weighted by molar-refractivity contribution is 5.99. The van der Waals surface area contributed by atoms with Crippen molar-refractivity contribution in [3.63, 3.8) is 0 Å². The van der Waals surface area contributed by atoms with Gasteiger partial charge in [0.15, 0.2) is 0 Å². The molecule has 0 radical (unpaired) electrons. The first kappa shape index (κ1) is 6.97. The van der Waals surface area contributed by atoms with E-state index in [0.29, 0.717) is 11.3 Å². The van der Waals surface area contributed by atoms with E-state index >= 15 is 0 Å². The van der Waals surface area contributed by atoms with Gasteiger partial charge < -0.3 is 0 Å². The lowest BCUT2D eigenvalue weighted by molar-refractivity contribution is -0.754. The van der Waals surface area contributed by atoms with Crippen LogP contribution in [-0.4, -0.2) is 17.3 Å². The van der Waals surface area contributed by atoms with Gasteiger partial charge in [-0.2, -0.15) is 4.84 Å². The van der Waals surface area contributed by atoms with E-state index in [-0.39, 0.29) is 17.3 Å². The lowest BCUT2D eigenvalue weighted by atomic mass is 10.1. The van der Waals surface area contributed by atoms with Gasteiger partial charge in [0, 0.05) is 0 Å². The van der Waals surface area contributed by atoms with Gasteiger partial charge in [-0.1, -0.05) is 12.1 Å². The first-order valence-electron chi connectivity index (χ1n) is 3.52. The highest BCUT2D eigenvalue weighted by atomic mass is 16.8. The predicted molar refractivity (Wildman–Crippen MR) is 39.9 cm³/mol. The average Bonchev–Trinajstić information content (AvgIpc) is 2.04. The Bertz CT molecular complexity index is 359. The predicted octanol–water partition coefficient (Wildman–Crippen LogP) is 0.956. The minimum atomic E-state index is -0.225. The molecule has 1 aliphatic heterocycles. The minimum Gasteiger partial charge on any atom is -0.286 e. The summed E-state index contributed by atoms with van der Waals surface area (Å²) in [4.78, 5) is 26.9. The van der Waals surface area contributed by atoms with Crippen LogP contribution in [0.2, 0.25) is 0 Å². The number of carbonyl (C=O) groups is 1. The largest absolute Gasteiger partial charge is 0.310 e. The molecular weight excluding hydrogens is 158 g/mol. The lowest BCUT2D eigenvalue weighted by Crippen LogP contribution is -2.27. The SMILES string of the molecule is O=C1C[N+](=O)Oc2ccccc21. The van der Waals surface area contributed by atoms with Crippen LogP contribution in [0.25, 0.3) is 0 Å². The molecule has 0 aliphatic carbocycles. The standard InChI is InChI=1S/C8H6NO3/c10-7-5-9(11)12-8-4-2-1-3-6(7)8/h1-4H,5H2/q+1. The quantitative estimate of drug-likeness (QED) is 0.573. The molecule has 0 unspecified atom stereocenters. The number of rotatable bonds is 0. The summed E-state index contributed by atoms with van der Waals surface area (Å²) in [7, 11) is 0. The van der Waals surface area contributed by atoms with E-state index in [0.717, 1.165) is 0 Å². The van der Waals surface area contributed by atoms with E-state index in [2.05, 4.69) is 0 Å². The monoisotopic (exact) mass is 164 g/mol. The van der Waals surface area contributed by atoms with Crippen LogP contribution in [-0.2, 0) is 0 Å². The number of hydrogen-bond acceptors (Lipinski definition) is 3. The summed E-state index contributed by atoms with van der Waals surface area (Å²) in [5.41, 5.74) is 0.476. The van der Waals surface area contributed by atoms with Gasteiger partial charge in [-0.05, 0) is 12.1 Å². The maximum atomic E-state index is 11.2. The first-order valence-corrected chi connectivity index (χ1v) is 3.52. The van der Waals surface area contributed by atoms with E-state index in [9.17, 15) is 9.70 Å². The normalized spacial score (nSPS) is 15.3. The van der Waals surface area contributed by atoms with E-state index in [1.54, 1.807) is 24.3 Å². The summed E-state index contributed by atoms with van der Waals surface area (Å²) in [6.45, 7) is -0.225. The fraction of sp³-hybridized carbons (Fsp3) is 0.125. The van der Waals surface area contributed by atoms with Crippen LogP contribution >= 0.6 is 0 Å². The molecule has 1 aliphatic rings. The summed E-state index contributed by atoms with van der Waals surface area (Å²) >= 11 is 0. The summed E-state index contributed by atoms with van der Waals surface area (Å²) in [6, 6.07) is 6.69. The van der Waals surface area contributed by atoms with Gasteiger partial charge in [-0.25, -0.2) is 0 Å². The molecule has 0 N–H and O–H groups in total. The van der Waals surface area contributed by atoms with Gasteiger partial charge in [0.1, 0.15) is 0 Å². The van der Waals surface area contributed by atoms with E-state index in [4.69, 9.17) is 4.84 Å². The molecule has 0 aromatic heterocycles. The zero-order valence-corrected chi connectivity index (χ0v) is 6.19. The second-order valence-corrected chi connectivity index (χ2v) is 2.50. The van der Waals surface area contributed by atoms with Crippen molar-refractivity contribution in [2.45, 2.75) is 0 Å². The van der Waals surface area contributed by atoms with Crippen molar-refractivity contribution in [2.75, 3.05) is 6.54 Å². The van der Waals surface area contributed by atoms with Gasteiger partial charge in [-0.15, -0.1) is 0 Å². The van der Waals surface area contributed by atoms with Gasteiger partial charge in [0.2, 0.25) is 16.5 Å². The molecule has 12 heavy (non-hydrogen) atoms. The van der Waals surface area contributed by atoms with Crippen molar-refractivity contribution in [1.29, 1.82) is 0 Å². The van der Waals surface area contributed by atoms with Gasteiger partial charge in [-0.3, -0.25) is 4.79 Å². The van der Waals surface area contributed by atoms with Crippen molar-refractivity contribution >= 4 is 5.78 Å². The Balaban J connectivity index is 2.54. The fourth-order valence-corrected chi connectivity index (χ4v) is 1.12. The molecule has 60 valence electrons. The highest BCUT2D eigenvalue weighted by Gasteiger charge is 2.30. The van der Waals surface area contributed by atoms with Crippen LogP contribution in [0, 0.1) is 4.91 Å². The molecule has 1 aromatic rings. The number of fused-ring (bicyclic) bond motifs is 1. The lowest BCUT2D eigenvalue weighted by Gasteiger charge is -2.05. The van der Waals surface area contributed by atoms with Crippen LogP contribution < -0.4 is 4.84 Å². The first-order chi connectivity index (χ1) is 5.77. The molecule has 4 nitrogen and oxygen atoms in total. The zero-order valence-electron chi connectivity index (χ0n) is 6.19. The summed E-state index contributed by atoms with van der Waals surface area (Å²) in [5.74, 6) is 0.135. The molecule has 0 bridgehead atoms. The molecule has 0 saturated carbocycles. The Morgan fingerprint density at radius 1 is 1.33 bits per heavy atom. The Labute approximate surface area is 68.3 Å². The summed E-state index contributed by atoms with van der Waals surface area (Å²) in [5, 5.41) is 0. The highest BCUT2D eigenvalue weighted by Crippen LogP contribution is 2.21. The second-order valence-electron chi connectivity index (χ2n) is 2.50. The minimum absolute atomic E-state index is 0.202. The van der Waals surface area contributed by atoms with Crippen LogP contribution in [0.3, 0.4) is 0 Å². The maximum Gasteiger partial charge on any atom is 0.310 e. The molecule has 0 saturated heterocycles. The third kappa shape index (κ3) is 0.972. The topological polar surface area (TPSA) is 46.4 Å². The number of hydrogen-bond donors (Lipinski definition) is 0. The second kappa shape index (κ2) is 2.41. The summed E-state index contributed by atoms with van der Waals surface area (Å²) in [6.07, 6.45) is 0. The van der Waals surface area contributed by atoms with Crippen molar-refractivity contribution < 1.29 is 14.6 Å². The van der Waals surface area contributed by atoms with E-state index in [1.165, 1.54) is 0 Å².